The van der Waals surface area contributed by atoms with E-state index in [-0.39, 0.29) is 76.9 Å². The normalized spacial score (nSPS) is 43.3. The smallest absolute Gasteiger partial charge is 0.303 e. The van der Waals surface area contributed by atoms with Gasteiger partial charge in [0.15, 0.2) is 0 Å². The number of carbonyl (C=O) groups is 4. The number of hydrogen-bond acceptors (Lipinski definition) is 6. The van der Waals surface area contributed by atoms with Crippen molar-refractivity contribution in [2.24, 2.45) is 46.3 Å². The molecule has 7 nitrogen and oxygen atoms in total. The van der Waals surface area contributed by atoms with Crippen LogP contribution in [0.5, 0.6) is 0 Å². The van der Waals surface area contributed by atoms with Crippen molar-refractivity contribution >= 4 is 23.7 Å². The van der Waals surface area contributed by atoms with Crippen LogP contribution in [0, 0.1) is 46.3 Å². The second-order valence-electron chi connectivity index (χ2n) is 12.4. The molecule has 1 N–H and O–H groups in total. The molecule has 0 aromatic carbocycles. The van der Waals surface area contributed by atoms with Crippen molar-refractivity contribution in [2.45, 2.75) is 105 Å². The number of hydrogen-bond donors (Lipinski definition) is 1. The van der Waals surface area contributed by atoms with Gasteiger partial charge in [-0.1, -0.05) is 20.8 Å². The molecular formula is C28H42O7. The molecule has 0 radical (unpaired) electrons. The van der Waals surface area contributed by atoms with Crippen LogP contribution >= 0.6 is 0 Å². The average molecular weight is 491 g/mol. The van der Waals surface area contributed by atoms with Crippen LogP contribution in [0.3, 0.4) is 0 Å². The highest BCUT2D eigenvalue weighted by atomic mass is 16.5. The number of esters is 2. The molecule has 35 heavy (non-hydrogen) atoms. The van der Waals surface area contributed by atoms with Gasteiger partial charge in [-0.25, -0.2) is 0 Å². The van der Waals surface area contributed by atoms with E-state index >= 15 is 0 Å². The highest BCUT2D eigenvalue weighted by molar-refractivity contribution is 5.83. The maximum atomic E-state index is 13.8. The summed E-state index contributed by atoms with van der Waals surface area (Å²) in [7, 11) is 0. The molecule has 0 saturated heterocycles. The van der Waals surface area contributed by atoms with Crippen molar-refractivity contribution in [1.29, 1.82) is 0 Å². The molecule has 0 aromatic rings. The number of carboxylic acid groups (broad SMARTS) is 1. The van der Waals surface area contributed by atoms with E-state index < -0.39 is 5.97 Å². The maximum Gasteiger partial charge on any atom is 0.303 e. The van der Waals surface area contributed by atoms with Crippen molar-refractivity contribution in [3.05, 3.63) is 0 Å². The Balaban J connectivity index is 1.65. The van der Waals surface area contributed by atoms with Gasteiger partial charge in [-0.3, -0.25) is 19.2 Å². The minimum atomic E-state index is -0.789. The van der Waals surface area contributed by atoms with Crippen LogP contribution in [-0.4, -0.2) is 41.0 Å². The van der Waals surface area contributed by atoms with Crippen molar-refractivity contribution in [2.75, 3.05) is 0 Å². The predicted molar refractivity (Wildman–Crippen MR) is 128 cm³/mol. The largest absolute Gasteiger partial charge is 0.481 e. The SMILES string of the molecule is CC(=O)O[C@@H]1CC[C@@]2(C)[C@H](CC(=O)[C@@H]3[C@H]2C[C@H](OC(C)=O)[C@]2(C)[C@@H]([C@@H](C)CCC(=O)O)CC[C@@H]32)C1. The monoisotopic (exact) mass is 490 g/mol. The lowest BCUT2D eigenvalue weighted by molar-refractivity contribution is -0.197. The van der Waals surface area contributed by atoms with E-state index in [1.54, 1.807) is 0 Å². The summed E-state index contributed by atoms with van der Waals surface area (Å²) in [5, 5.41) is 9.23. The first-order valence-electron chi connectivity index (χ1n) is 13.5. The summed E-state index contributed by atoms with van der Waals surface area (Å²) in [4.78, 5) is 48.8. The molecule has 0 heterocycles. The topological polar surface area (TPSA) is 107 Å². The molecule has 4 saturated carbocycles. The quantitative estimate of drug-likeness (QED) is 0.533. The van der Waals surface area contributed by atoms with Gasteiger partial charge in [0.2, 0.25) is 0 Å². The van der Waals surface area contributed by atoms with E-state index in [0.717, 1.165) is 32.1 Å². The Hall–Kier alpha value is -1.92. The summed E-state index contributed by atoms with van der Waals surface area (Å²) < 4.78 is 11.6. The molecule has 4 aliphatic carbocycles. The molecule has 0 unspecified atom stereocenters. The van der Waals surface area contributed by atoms with Gasteiger partial charge in [0.1, 0.15) is 18.0 Å². The molecule has 4 rings (SSSR count). The third-order valence-corrected chi connectivity index (χ3v) is 10.7. The molecule has 10 atom stereocenters. The van der Waals surface area contributed by atoms with E-state index in [2.05, 4.69) is 20.8 Å². The molecular weight excluding hydrogens is 448 g/mol. The first-order chi connectivity index (χ1) is 16.4. The highest BCUT2D eigenvalue weighted by Crippen LogP contribution is 2.68. The summed E-state index contributed by atoms with van der Waals surface area (Å²) in [6.07, 6.45) is 5.80. The van der Waals surface area contributed by atoms with Gasteiger partial charge in [-0.05, 0) is 80.0 Å². The molecule has 196 valence electrons. The zero-order valence-corrected chi connectivity index (χ0v) is 21.9. The zero-order valence-electron chi connectivity index (χ0n) is 21.9. The summed E-state index contributed by atoms with van der Waals surface area (Å²) in [6.45, 7) is 9.53. The number of carboxylic acids is 1. The van der Waals surface area contributed by atoms with E-state index in [4.69, 9.17) is 9.47 Å². The van der Waals surface area contributed by atoms with Gasteiger partial charge in [0.25, 0.3) is 0 Å². The van der Waals surface area contributed by atoms with E-state index in [1.807, 2.05) is 0 Å². The van der Waals surface area contributed by atoms with Crippen LogP contribution in [0.25, 0.3) is 0 Å². The Morgan fingerprint density at radius 3 is 2.34 bits per heavy atom. The summed E-state index contributed by atoms with van der Waals surface area (Å²) in [5.74, 6) is -0.233. The molecule has 4 fully saturated rings. The van der Waals surface area contributed by atoms with Gasteiger partial charge in [0, 0.05) is 38.0 Å². The van der Waals surface area contributed by atoms with Crippen LogP contribution in [0.2, 0.25) is 0 Å². The summed E-state index contributed by atoms with van der Waals surface area (Å²) in [6, 6.07) is 0. The zero-order chi connectivity index (χ0) is 25.7. The second kappa shape index (κ2) is 9.51. The van der Waals surface area contributed by atoms with Gasteiger partial charge in [-0.2, -0.15) is 0 Å². The highest BCUT2D eigenvalue weighted by Gasteiger charge is 2.67. The predicted octanol–water partition coefficient (Wildman–Crippen LogP) is 4.80. The van der Waals surface area contributed by atoms with Crippen LogP contribution in [0.4, 0.5) is 0 Å². The van der Waals surface area contributed by atoms with Crippen LogP contribution in [0.1, 0.15) is 92.4 Å². The Labute approximate surface area is 208 Å². The number of Topliss-reactive ketones (excluding diaryl/α,β-unsaturated/α-hetero) is 1. The Bertz CT molecular complexity index is 883. The maximum absolute atomic E-state index is 13.8. The molecule has 0 spiro atoms. The first kappa shape index (κ1) is 26.2. The van der Waals surface area contributed by atoms with Gasteiger partial charge >= 0.3 is 17.9 Å². The summed E-state index contributed by atoms with van der Waals surface area (Å²) in [5.41, 5.74) is -0.388. The van der Waals surface area contributed by atoms with E-state index in [0.29, 0.717) is 25.0 Å². The number of ether oxygens (including phenoxy) is 2. The number of carbonyl (C=O) groups excluding carboxylic acids is 3. The second-order valence-corrected chi connectivity index (χ2v) is 12.4. The van der Waals surface area contributed by atoms with Crippen molar-refractivity contribution in [3.63, 3.8) is 0 Å². The number of aliphatic carboxylic acids is 1. The van der Waals surface area contributed by atoms with Gasteiger partial charge in [-0.15, -0.1) is 0 Å². The minimum absolute atomic E-state index is 0.0463. The number of fused-ring (bicyclic) bond motifs is 5. The van der Waals surface area contributed by atoms with Crippen LogP contribution < -0.4 is 0 Å². The molecule has 0 amide bonds. The lowest BCUT2D eigenvalue weighted by atomic mass is 9.43. The molecule has 0 aromatic heterocycles. The third kappa shape index (κ3) is 4.53. The van der Waals surface area contributed by atoms with Crippen LogP contribution in [-0.2, 0) is 28.7 Å². The van der Waals surface area contributed by atoms with Crippen molar-refractivity contribution in [3.8, 4) is 0 Å². The molecule has 0 bridgehead atoms. The molecule has 0 aliphatic heterocycles. The lowest BCUT2D eigenvalue weighted by Gasteiger charge is -2.62. The average Bonchev–Trinajstić information content (AvgIpc) is 3.11. The molecule has 4 aliphatic rings. The summed E-state index contributed by atoms with van der Waals surface area (Å²) >= 11 is 0. The minimum Gasteiger partial charge on any atom is -0.481 e. The van der Waals surface area contributed by atoms with E-state index in [1.165, 1.54) is 13.8 Å². The Morgan fingerprint density at radius 1 is 1.03 bits per heavy atom. The molecule has 7 heteroatoms. The first-order valence-corrected chi connectivity index (χ1v) is 13.5. The van der Waals surface area contributed by atoms with Gasteiger partial charge < -0.3 is 14.6 Å². The fraction of sp³-hybridized carbons (Fsp3) is 0.857. The number of rotatable bonds is 6. The van der Waals surface area contributed by atoms with Gasteiger partial charge in [0.05, 0.1) is 0 Å². The lowest BCUT2D eigenvalue weighted by Crippen LogP contribution is -2.62. The Morgan fingerprint density at radius 2 is 1.71 bits per heavy atom. The fourth-order valence-electron chi connectivity index (χ4n) is 9.07. The third-order valence-electron chi connectivity index (χ3n) is 10.7. The fourth-order valence-corrected chi connectivity index (χ4v) is 9.07. The van der Waals surface area contributed by atoms with Crippen molar-refractivity contribution in [1.82, 2.24) is 0 Å². The van der Waals surface area contributed by atoms with E-state index in [9.17, 15) is 24.3 Å². The standard InChI is InChI=1S/C28H42O7/c1-15(6-9-25(32)33)20-7-8-21-26-22(14-24(28(20,21)5)35-17(3)30)27(4)11-10-19(34-16(2)29)12-18(27)13-23(26)31/h15,18-22,24,26H,6-14H2,1-5H3,(H,32,33)/t15-,18-,19+,20+,21-,22+,24-,26-,27-,28+/m0/s1. The Kier molecular flexibility index (Phi) is 7.11. The van der Waals surface area contributed by atoms with Crippen LogP contribution in [0.15, 0.2) is 0 Å². The van der Waals surface area contributed by atoms with Crippen molar-refractivity contribution < 1.29 is 33.8 Å². The number of ketones is 1.